The van der Waals surface area contributed by atoms with Gasteiger partial charge in [0.25, 0.3) is 5.69 Å². The number of hydrogen-bond donors (Lipinski definition) is 0. The highest BCUT2D eigenvalue weighted by Crippen LogP contribution is 2.39. The topological polar surface area (TPSA) is 48.1 Å². The molecule has 0 bridgehead atoms. The van der Waals surface area contributed by atoms with Crippen LogP contribution >= 0.6 is 0 Å². The summed E-state index contributed by atoms with van der Waals surface area (Å²) in [5.41, 5.74) is 3.48. The fourth-order valence-corrected chi connectivity index (χ4v) is 3.98. The smallest absolute Gasteiger partial charge is 0.277 e. The number of aromatic nitrogens is 1. The Balaban J connectivity index is 1.96. The van der Waals surface area contributed by atoms with Gasteiger partial charge >= 0.3 is 0 Å². The molecule has 27 heavy (non-hydrogen) atoms. The third kappa shape index (κ3) is 2.38. The summed E-state index contributed by atoms with van der Waals surface area (Å²) in [6, 6.07) is 27.7. The van der Waals surface area contributed by atoms with Crippen molar-refractivity contribution >= 4 is 38.3 Å². The first-order valence-corrected chi connectivity index (χ1v) is 8.85. The second-order valence-electron chi connectivity index (χ2n) is 6.68. The molecule has 0 saturated carbocycles. The Labute approximate surface area is 155 Å². The van der Waals surface area contributed by atoms with Crippen LogP contribution in [0, 0.1) is 10.1 Å². The summed E-state index contributed by atoms with van der Waals surface area (Å²) in [5, 5.41) is 15.2. The van der Waals surface area contributed by atoms with Crippen LogP contribution in [0.4, 0.5) is 5.69 Å². The van der Waals surface area contributed by atoms with E-state index in [0.717, 1.165) is 27.2 Å². The van der Waals surface area contributed by atoms with Crippen molar-refractivity contribution in [2.24, 2.45) is 0 Å². The Morgan fingerprint density at radius 3 is 2.11 bits per heavy atom. The molecule has 0 atom stereocenters. The van der Waals surface area contributed by atoms with E-state index in [1.54, 1.807) is 6.07 Å². The number of non-ortho nitro benzene ring substituents is 1. The van der Waals surface area contributed by atoms with Gasteiger partial charge in [0, 0.05) is 34.3 Å². The highest BCUT2D eigenvalue weighted by molar-refractivity contribution is 6.20. The Hall–Kier alpha value is -3.66. The minimum atomic E-state index is -0.287. The van der Waals surface area contributed by atoms with Gasteiger partial charge in [0.05, 0.1) is 15.8 Å². The standard InChI is InChI=1S/C23H16N2O2/c26-25(27)22-14-20-18-11-6-7-13-21(18)24(15-16-8-2-1-3-9-16)23(20)19-12-5-4-10-17(19)22/h1-14H,15H2. The third-order valence-electron chi connectivity index (χ3n) is 5.13. The first kappa shape index (κ1) is 15.6. The molecule has 0 spiro atoms. The molecule has 4 aromatic carbocycles. The summed E-state index contributed by atoms with van der Waals surface area (Å²) in [6.07, 6.45) is 0. The van der Waals surface area contributed by atoms with Crippen molar-refractivity contribution in [3.8, 4) is 0 Å². The highest BCUT2D eigenvalue weighted by atomic mass is 16.6. The second kappa shape index (κ2) is 5.95. The molecule has 0 amide bonds. The van der Waals surface area contributed by atoms with E-state index in [4.69, 9.17) is 0 Å². The number of rotatable bonds is 3. The zero-order valence-corrected chi connectivity index (χ0v) is 14.5. The van der Waals surface area contributed by atoms with Crippen molar-refractivity contribution < 1.29 is 4.92 Å². The van der Waals surface area contributed by atoms with Crippen LogP contribution in [0.15, 0.2) is 84.9 Å². The summed E-state index contributed by atoms with van der Waals surface area (Å²) in [7, 11) is 0. The average molecular weight is 352 g/mol. The Morgan fingerprint density at radius 1 is 0.741 bits per heavy atom. The van der Waals surface area contributed by atoms with Gasteiger partial charge in [-0.2, -0.15) is 0 Å². The molecular formula is C23H16N2O2. The quantitative estimate of drug-likeness (QED) is 0.300. The molecule has 5 aromatic rings. The van der Waals surface area contributed by atoms with Gasteiger partial charge in [0.2, 0.25) is 0 Å². The van der Waals surface area contributed by atoms with Crippen LogP contribution in [0.3, 0.4) is 0 Å². The molecule has 5 rings (SSSR count). The number of nitro groups is 1. The summed E-state index contributed by atoms with van der Waals surface area (Å²) in [6.45, 7) is 0.715. The molecule has 0 aliphatic heterocycles. The van der Waals surface area contributed by atoms with E-state index in [9.17, 15) is 10.1 Å². The van der Waals surface area contributed by atoms with Crippen molar-refractivity contribution in [3.05, 3.63) is 101 Å². The molecule has 1 aromatic heterocycles. The number of benzene rings is 4. The fraction of sp³-hybridized carbons (Fsp3) is 0.0435. The minimum Gasteiger partial charge on any atom is -0.335 e. The van der Waals surface area contributed by atoms with Crippen molar-refractivity contribution in [3.63, 3.8) is 0 Å². The van der Waals surface area contributed by atoms with Gasteiger partial charge in [-0.05, 0) is 17.7 Å². The van der Waals surface area contributed by atoms with Gasteiger partial charge in [0.15, 0.2) is 0 Å². The maximum atomic E-state index is 11.7. The molecule has 0 aliphatic carbocycles. The van der Waals surface area contributed by atoms with Crippen LogP contribution in [0.5, 0.6) is 0 Å². The van der Waals surface area contributed by atoms with Crippen LogP contribution < -0.4 is 0 Å². The molecule has 0 saturated heterocycles. The van der Waals surface area contributed by atoms with Gasteiger partial charge < -0.3 is 4.57 Å². The van der Waals surface area contributed by atoms with Crippen molar-refractivity contribution in [2.75, 3.05) is 0 Å². The highest BCUT2D eigenvalue weighted by Gasteiger charge is 2.20. The van der Waals surface area contributed by atoms with Crippen LogP contribution in [-0.4, -0.2) is 9.49 Å². The zero-order valence-electron chi connectivity index (χ0n) is 14.5. The molecule has 0 fully saturated rings. The van der Waals surface area contributed by atoms with Crippen LogP contribution in [0.1, 0.15) is 5.56 Å². The molecule has 4 heteroatoms. The molecule has 0 aliphatic rings. The predicted octanol–water partition coefficient (Wildman–Crippen LogP) is 5.90. The zero-order chi connectivity index (χ0) is 18.4. The molecule has 0 unspecified atom stereocenters. The predicted molar refractivity (Wildman–Crippen MR) is 109 cm³/mol. The summed E-state index contributed by atoms with van der Waals surface area (Å²) < 4.78 is 2.27. The fourth-order valence-electron chi connectivity index (χ4n) is 3.98. The Morgan fingerprint density at radius 2 is 1.37 bits per heavy atom. The van der Waals surface area contributed by atoms with E-state index in [1.165, 1.54) is 5.56 Å². The van der Waals surface area contributed by atoms with Gasteiger partial charge in [-0.15, -0.1) is 0 Å². The van der Waals surface area contributed by atoms with Crippen molar-refractivity contribution in [1.29, 1.82) is 0 Å². The maximum absolute atomic E-state index is 11.7. The second-order valence-corrected chi connectivity index (χ2v) is 6.68. The van der Waals surface area contributed by atoms with Crippen LogP contribution in [-0.2, 0) is 6.54 Å². The minimum absolute atomic E-state index is 0.153. The van der Waals surface area contributed by atoms with E-state index in [-0.39, 0.29) is 10.6 Å². The SMILES string of the molecule is O=[N+]([O-])c1cc2c3ccccc3n(Cc3ccccc3)c2c2ccccc12. The first-order chi connectivity index (χ1) is 13.2. The molecule has 0 N–H and O–H groups in total. The third-order valence-corrected chi connectivity index (χ3v) is 5.13. The monoisotopic (exact) mass is 352 g/mol. The normalized spacial score (nSPS) is 11.4. The molecule has 4 nitrogen and oxygen atoms in total. The lowest BCUT2D eigenvalue weighted by atomic mass is 10.0. The maximum Gasteiger partial charge on any atom is 0.277 e. The number of nitrogens with zero attached hydrogens (tertiary/aromatic N) is 2. The number of hydrogen-bond acceptors (Lipinski definition) is 2. The molecule has 0 radical (unpaired) electrons. The van der Waals surface area contributed by atoms with Crippen LogP contribution in [0.2, 0.25) is 0 Å². The molecular weight excluding hydrogens is 336 g/mol. The first-order valence-electron chi connectivity index (χ1n) is 8.85. The van der Waals surface area contributed by atoms with E-state index < -0.39 is 0 Å². The van der Waals surface area contributed by atoms with Crippen LogP contribution in [0.25, 0.3) is 32.6 Å². The van der Waals surface area contributed by atoms with Gasteiger partial charge in [0.1, 0.15) is 0 Å². The summed E-state index contributed by atoms with van der Waals surface area (Å²) in [5.74, 6) is 0. The largest absolute Gasteiger partial charge is 0.335 e. The molecule has 1 heterocycles. The van der Waals surface area contributed by atoms with E-state index in [0.29, 0.717) is 11.9 Å². The number of nitro benzene ring substituents is 1. The summed E-state index contributed by atoms with van der Waals surface area (Å²) >= 11 is 0. The average Bonchev–Trinajstić information content (AvgIpc) is 3.02. The van der Waals surface area contributed by atoms with Gasteiger partial charge in [-0.1, -0.05) is 66.7 Å². The summed E-state index contributed by atoms with van der Waals surface area (Å²) in [4.78, 5) is 11.4. The van der Waals surface area contributed by atoms with Gasteiger partial charge in [-0.3, -0.25) is 10.1 Å². The Bertz CT molecular complexity index is 1320. The lowest BCUT2D eigenvalue weighted by molar-refractivity contribution is -0.382. The van der Waals surface area contributed by atoms with E-state index >= 15 is 0 Å². The van der Waals surface area contributed by atoms with E-state index in [2.05, 4.69) is 22.8 Å². The Kier molecular flexibility index (Phi) is 3.44. The lowest BCUT2D eigenvalue weighted by Gasteiger charge is -2.10. The number of fused-ring (bicyclic) bond motifs is 5. The molecule has 130 valence electrons. The van der Waals surface area contributed by atoms with Crippen molar-refractivity contribution in [1.82, 2.24) is 4.57 Å². The lowest BCUT2D eigenvalue weighted by Crippen LogP contribution is -2.00. The number of para-hydroxylation sites is 1. The van der Waals surface area contributed by atoms with Gasteiger partial charge in [-0.25, -0.2) is 0 Å². The van der Waals surface area contributed by atoms with E-state index in [1.807, 2.05) is 60.7 Å². The van der Waals surface area contributed by atoms with Crippen molar-refractivity contribution in [2.45, 2.75) is 6.54 Å².